The molecule has 174 valence electrons. The van der Waals surface area contributed by atoms with Crippen LogP contribution in [0.5, 0.6) is 0 Å². The average molecular weight is 453 g/mol. The van der Waals surface area contributed by atoms with Gasteiger partial charge in [0.2, 0.25) is 0 Å². The second kappa shape index (κ2) is 10.4. The van der Waals surface area contributed by atoms with Crippen molar-refractivity contribution in [1.82, 2.24) is 4.90 Å². The van der Waals surface area contributed by atoms with Crippen molar-refractivity contribution in [3.05, 3.63) is 80.9 Å². The second-order valence-corrected chi connectivity index (χ2v) is 8.16. The Labute approximate surface area is 192 Å². The number of carbonyl (C=O) groups excluding carboxylic acids is 2. The first kappa shape index (κ1) is 24.1. The van der Waals surface area contributed by atoms with E-state index in [2.05, 4.69) is 0 Å². The number of likely N-dealkylation sites (tertiary alicyclic amines) is 1. The molecular weight excluding hydrogens is 424 g/mol. The summed E-state index contributed by atoms with van der Waals surface area (Å²) < 4.78 is 5.57. The van der Waals surface area contributed by atoms with Gasteiger partial charge in [0.1, 0.15) is 5.76 Å². The molecule has 1 amide bonds. The lowest BCUT2D eigenvalue weighted by atomic mass is 9.94. The number of Topliss-reactive ketones (excluding diaryl/α,β-unsaturated/α-hetero) is 1. The fourth-order valence-electron chi connectivity index (χ4n) is 3.84. The summed E-state index contributed by atoms with van der Waals surface area (Å²) in [5.74, 6) is -1.82. The minimum absolute atomic E-state index is 0.0251. The lowest BCUT2D eigenvalue weighted by Crippen LogP contribution is -2.31. The maximum absolute atomic E-state index is 13.0. The van der Waals surface area contributed by atoms with Gasteiger partial charge in [-0.1, -0.05) is 31.2 Å². The molecule has 1 saturated heterocycles. The molecule has 8 nitrogen and oxygen atoms in total. The maximum Gasteiger partial charge on any atom is 0.295 e. The van der Waals surface area contributed by atoms with E-state index in [-0.39, 0.29) is 35.2 Å². The van der Waals surface area contributed by atoms with Crippen molar-refractivity contribution in [2.45, 2.75) is 45.8 Å². The molecule has 3 rings (SSSR count). The molecule has 1 heterocycles. The second-order valence-electron chi connectivity index (χ2n) is 8.16. The molecule has 1 aliphatic heterocycles. The summed E-state index contributed by atoms with van der Waals surface area (Å²) >= 11 is 0. The Morgan fingerprint density at radius 2 is 1.76 bits per heavy atom. The van der Waals surface area contributed by atoms with Gasteiger partial charge in [-0.15, -0.1) is 0 Å². The molecule has 0 spiro atoms. The Kier molecular flexibility index (Phi) is 7.60. The number of ketones is 1. The molecule has 0 aromatic heterocycles. The van der Waals surface area contributed by atoms with E-state index in [0.29, 0.717) is 18.6 Å². The summed E-state index contributed by atoms with van der Waals surface area (Å²) in [7, 11) is 0. The predicted octanol–water partition coefficient (Wildman–Crippen LogP) is 4.39. The Morgan fingerprint density at radius 3 is 2.30 bits per heavy atom. The molecule has 0 radical (unpaired) electrons. The van der Waals surface area contributed by atoms with Crippen LogP contribution in [0.4, 0.5) is 5.69 Å². The number of nitro benzene ring substituents is 1. The van der Waals surface area contributed by atoms with Gasteiger partial charge < -0.3 is 14.7 Å². The monoisotopic (exact) mass is 452 g/mol. The van der Waals surface area contributed by atoms with Gasteiger partial charge in [-0.2, -0.15) is 0 Å². The van der Waals surface area contributed by atoms with E-state index in [0.717, 1.165) is 12.0 Å². The van der Waals surface area contributed by atoms with Gasteiger partial charge in [0.05, 0.1) is 22.6 Å². The normalized spacial score (nSPS) is 17.7. The van der Waals surface area contributed by atoms with Crippen molar-refractivity contribution in [2.24, 2.45) is 0 Å². The molecule has 0 unspecified atom stereocenters. The first-order valence-electron chi connectivity index (χ1n) is 11.0. The lowest BCUT2D eigenvalue weighted by molar-refractivity contribution is -0.384. The van der Waals surface area contributed by atoms with Gasteiger partial charge in [-0.25, -0.2) is 0 Å². The summed E-state index contributed by atoms with van der Waals surface area (Å²) in [6.45, 7) is 6.60. The SMILES string of the molecule is CCc1ccc([C@H]2C(=C(O)c3ccc([N+](=O)[O-])cc3)C(=O)C(=O)N2CCCOC(C)C)cc1. The lowest BCUT2D eigenvalue weighted by Gasteiger charge is -2.25. The topological polar surface area (TPSA) is 110 Å². The number of hydrogen-bond acceptors (Lipinski definition) is 6. The molecule has 0 saturated carbocycles. The van der Waals surface area contributed by atoms with E-state index in [1.54, 1.807) is 0 Å². The number of carbonyl (C=O) groups is 2. The van der Waals surface area contributed by atoms with E-state index in [1.807, 2.05) is 45.0 Å². The summed E-state index contributed by atoms with van der Waals surface area (Å²) in [6.07, 6.45) is 1.43. The number of aliphatic hydroxyl groups is 1. The van der Waals surface area contributed by atoms with Crippen LogP contribution in [0, 0.1) is 10.1 Å². The number of nitrogens with zero attached hydrogens (tertiary/aromatic N) is 2. The van der Waals surface area contributed by atoms with Crippen molar-refractivity contribution in [2.75, 3.05) is 13.2 Å². The fraction of sp³-hybridized carbons (Fsp3) is 0.360. The standard InChI is InChI=1S/C25H28N2O6/c1-4-17-6-8-18(9-7-17)22-21(23(28)19-10-12-20(13-11-19)27(31)32)24(29)25(30)26(22)14-5-15-33-16(2)3/h6-13,16,22,28H,4-5,14-15H2,1-3H3/t22-/m0/s1. The van der Waals surface area contributed by atoms with Gasteiger partial charge in [-0.3, -0.25) is 19.7 Å². The number of hydrogen-bond donors (Lipinski definition) is 1. The Morgan fingerprint density at radius 1 is 1.12 bits per heavy atom. The first-order chi connectivity index (χ1) is 15.7. The molecule has 2 aromatic rings. The third kappa shape index (κ3) is 5.28. The average Bonchev–Trinajstić information content (AvgIpc) is 3.06. The van der Waals surface area contributed by atoms with Crippen LogP contribution in [-0.4, -0.2) is 45.9 Å². The third-order valence-corrected chi connectivity index (χ3v) is 5.59. The zero-order valence-corrected chi connectivity index (χ0v) is 19.0. The fourth-order valence-corrected chi connectivity index (χ4v) is 3.84. The molecule has 8 heteroatoms. The van der Waals surface area contributed by atoms with E-state index < -0.39 is 22.7 Å². The summed E-state index contributed by atoms with van der Waals surface area (Å²) in [4.78, 5) is 37.8. The number of aliphatic hydroxyl groups excluding tert-OH is 1. The first-order valence-corrected chi connectivity index (χ1v) is 11.0. The molecule has 1 aliphatic rings. The maximum atomic E-state index is 13.0. The number of aryl methyl sites for hydroxylation is 1. The van der Waals surface area contributed by atoms with Gasteiger partial charge in [-0.05, 0) is 49.9 Å². The molecule has 1 N–H and O–H groups in total. The summed E-state index contributed by atoms with van der Waals surface area (Å²) in [6, 6.07) is 12.1. The number of benzene rings is 2. The zero-order valence-electron chi connectivity index (χ0n) is 19.0. The Bertz CT molecular complexity index is 1060. The number of non-ortho nitro benzene ring substituents is 1. The molecule has 0 aliphatic carbocycles. The van der Waals surface area contributed by atoms with E-state index in [1.165, 1.54) is 29.2 Å². The quantitative estimate of drug-likeness (QED) is 0.151. The highest BCUT2D eigenvalue weighted by Crippen LogP contribution is 2.39. The minimum Gasteiger partial charge on any atom is -0.507 e. The number of ether oxygens (including phenoxy) is 1. The van der Waals surface area contributed by atoms with Crippen LogP contribution in [-0.2, 0) is 20.7 Å². The number of nitro groups is 1. The van der Waals surface area contributed by atoms with Crippen molar-refractivity contribution < 1.29 is 24.4 Å². The molecular formula is C25H28N2O6. The molecule has 0 bridgehead atoms. The van der Waals surface area contributed by atoms with Crippen LogP contribution in [0.25, 0.3) is 5.76 Å². The van der Waals surface area contributed by atoms with Crippen LogP contribution in [0.2, 0.25) is 0 Å². The highest BCUT2D eigenvalue weighted by molar-refractivity contribution is 6.46. The van der Waals surface area contributed by atoms with Gasteiger partial charge >= 0.3 is 0 Å². The minimum atomic E-state index is -0.778. The third-order valence-electron chi connectivity index (χ3n) is 5.59. The van der Waals surface area contributed by atoms with Crippen LogP contribution in [0.15, 0.2) is 54.1 Å². The van der Waals surface area contributed by atoms with Crippen LogP contribution < -0.4 is 0 Å². The van der Waals surface area contributed by atoms with E-state index >= 15 is 0 Å². The molecule has 2 aromatic carbocycles. The van der Waals surface area contributed by atoms with Crippen LogP contribution in [0.1, 0.15) is 49.9 Å². The Balaban J connectivity index is 2.03. The van der Waals surface area contributed by atoms with Crippen LogP contribution >= 0.6 is 0 Å². The van der Waals surface area contributed by atoms with Crippen molar-refractivity contribution in [3.63, 3.8) is 0 Å². The highest BCUT2D eigenvalue weighted by atomic mass is 16.6. The van der Waals surface area contributed by atoms with Gasteiger partial charge in [0, 0.05) is 30.8 Å². The Hall–Kier alpha value is -3.52. The molecule has 1 atom stereocenters. The largest absolute Gasteiger partial charge is 0.507 e. The van der Waals surface area contributed by atoms with Crippen molar-refractivity contribution in [3.8, 4) is 0 Å². The van der Waals surface area contributed by atoms with Crippen molar-refractivity contribution >= 4 is 23.1 Å². The molecule has 1 fully saturated rings. The van der Waals surface area contributed by atoms with Crippen LogP contribution in [0.3, 0.4) is 0 Å². The zero-order chi connectivity index (χ0) is 24.1. The number of amides is 1. The predicted molar refractivity (Wildman–Crippen MR) is 124 cm³/mol. The van der Waals surface area contributed by atoms with Gasteiger partial charge in [0.15, 0.2) is 0 Å². The van der Waals surface area contributed by atoms with E-state index in [4.69, 9.17) is 4.74 Å². The highest BCUT2D eigenvalue weighted by Gasteiger charge is 2.45. The summed E-state index contributed by atoms with van der Waals surface area (Å²) in [5.41, 5.74) is 1.89. The molecule has 33 heavy (non-hydrogen) atoms. The van der Waals surface area contributed by atoms with Crippen molar-refractivity contribution in [1.29, 1.82) is 0 Å². The smallest absolute Gasteiger partial charge is 0.295 e. The van der Waals surface area contributed by atoms with Gasteiger partial charge in [0.25, 0.3) is 17.4 Å². The number of rotatable bonds is 9. The summed E-state index contributed by atoms with van der Waals surface area (Å²) in [5, 5.41) is 22.0. The van der Waals surface area contributed by atoms with E-state index in [9.17, 15) is 24.8 Å².